The van der Waals surface area contributed by atoms with Gasteiger partial charge in [-0.3, -0.25) is 28.8 Å². The van der Waals surface area contributed by atoms with E-state index in [2.05, 4.69) is 21.3 Å². The van der Waals surface area contributed by atoms with Gasteiger partial charge in [-0.2, -0.15) is 13.2 Å². The number of aliphatic hydroxyl groups is 2. The molecule has 314 valence electrons. The molecule has 0 bridgehead atoms. The summed E-state index contributed by atoms with van der Waals surface area (Å²) in [6.45, 7) is 6.35. The lowest BCUT2D eigenvalue weighted by Crippen LogP contribution is -2.62. The molecule has 0 aromatic heterocycles. The first-order valence-electron chi connectivity index (χ1n) is 19.4. The molecule has 1 unspecified atom stereocenters. The summed E-state index contributed by atoms with van der Waals surface area (Å²) >= 11 is 0. The van der Waals surface area contributed by atoms with Crippen LogP contribution in [0.4, 0.5) is 13.2 Å². The topological polar surface area (TPSA) is 220 Å². The highest BCUT2D eigenvalue weighted by molar-refractivity contribution is 6.04. The Hall–Kier alpha value is -4.09. The van der Waals surface area contributed by atoms with Gasteiger partial charge in [0.15, 0.2) is 5.78 Å². The van der Waals surface area contributed by atoms with Crippen LogP contribution in [0.2, 0.25) is 0 Å². The van der Waals surface area contributed by atoms with E-state index in [9.17, 15) is 52.2 Å². The van der Waals surface area contributed by atoms with Crippen LogP contribution in [0.25, 0.3) is 0 Å². The zero-order valence-corrected chi connectivity index (χ0v) is 32.9. The van der Waals surface area contributed by atoms with Crippen molar-refractivity contribution in [1.82, 2.24) is 26.2 Å². The van der Waals surface area contributed by atoms with Crippen LogP contribution in [0.5, 0.6) is 0 Å². The summed E-state index contributed by atoms with van der Waals surface area (Å²) in [5, 5.41) is 31.4. The number of nitrogens with zero attached hydrogens (tertiary/aromatic N) is 1. The quantitative estimate of drug-likeness (QED) is 0.102. The summed E-state index contributed by atoms with van der Waals surface area (Å²) < 4.78 is 39.6. The first kappa shape index (κ1) is 46.3. The van der Waals surface area contributed by atoms with Crippen LogP contribution in [0.15, 0.2) is 24.3 Å². The van der Waals surface area contributed by atoms with Crippen molar-refractivity contribution in [3.05, 3.63) is 35.4 Å². The fourth-order valence-electron chi connectivity index (χ4n) is 6.98. The zero-order chi connectivity index (χ0) is 41.9. The molecule has 0 aliphatic heterocycles. The Morgan fingerprint density at radius 3 is 2.04 bits per heavy atom. The molecule has 14 nitrogen and oxygen atoms in total. The Bertz CT molecular complexity index is 1520. The molecule has 0 heterocycles. The van der Waals surface area contributed by atoms with E-state index in [0.717, 1.165) is 29.7 Å². The molecule has 1 aromatic carbocycles. The maximum absolute atomic E-state index is 14.2. The summed E-state index contributed by atoms with van der Waals surface area (Å²) in [4.78, 5) is 80.9. The molecule has 56 heavy (non-hydrogen) atoms. The minimum atomic E-state index is -4.56. The first-order valence-corrected chi connectivity index (χ1v) is 19.4. The lowest BCUT2D eigenvalue weighted by Gasteiger charge is -2.36. The van der Waals surface area contributed by atoms with Crippen molar-refractivity contribution in [2.75, 3.05) is 13.6 Å². The molecule has 8 atom stereocenters. The van der Waals surface area contributed by atoms with Crippen LogP contribution in [0.1, 0.15) is 89.7 Å². The van der Waals surface area contributed by atoms with E-state index in [1.54, 1.807) is 24.3 Å². The number of Topliss-reactive ketones (excluding diaryl/α,β-unsaturated/α-hetero) is 1. The number of hydrogen-bond acceptors (Lipinski definition) is 9. The Labute approximate surface area is 326 Å². The normalized spacial score (nSPS) is 19.8. The standard InChI is InChI=1S/C39H59F3N6O8/c1-21(2)17-29(48(5)38(56)26(30(50)15-16-39(40,41)42)18-24-13-11-22(3)12-14-24)35(53)47-33(25-9-7-6-8-10-25)37(55)45-28(20-43)34(52)46-32(23(4)49)36(54)44-27-19-31(27)51/h11-14,21,23,25-30,32-33,49-50H,6-10,15-20,43H2,1-5H3,(H,44,54)(H,45,55)(H,46,52)(H,47,53)/t23-,26+,27?,28-,29-,30+,32-,33-/m0/s1. The fourth-order valence-corrected chi connectivity index (χ4v) is 6.98. The van der Waals surface area contributed by atoms with E-state index in [4.69, 9.17) is 5.73 Å². The van der Waals surface area contributed by atoms with Gasteiger partial charge in [-0.25, -0.2) is 0 Å². The van der Waals surface area contributed by atoms with Crippen LogP contribution in [0.3, 0.4) is 0 Å². The summed E-state index contributed by atoms with van der Waals surface area (Å²) in [5.41, 5.74) is 7.42. The third-order valence-electron chi connectivity index (χ3n) is 10.5. The van der Waals surface area contributed by atoms with Gasteiger partial charge in [0.05, 0.1) is 24.2 Å². The number of alkyl halides is 3. The van der Waals surface area contributed by atoms with E-state index in [-0.39, 0.29) is 36.9 Å². The van der Waals surface area contributed by atoms with Gasteiger partial charge in [0.2, 0.25) is 29.5 Å². The molecule has 5 amide bonds. The van der Waals surface area contributed by atoms with Crippen molar-refractivity contribution in [1.29, 1.82) is 0 Å². The number of aryl methyl sites for hydroxylation is 1. The van der Waals surface area contributed by atoms with Crippen LogP contribution in [0, 0.1) is 24.7 Å². The second-order valence-corrected chi connectivity index (χ2v) is 15.8. The molecule has 2 saturated carbocycles. The number of amides is 5. The average Bonchev–Trinajstić information content (AvgIpc) is 3.84. The molecule has 2 aliphatic carbocycles. The van der Waals surface area contributed by atoms with Gasteiger partial charge in [0.1, 0.15) is 24.2 Å². The number of nitrogens with two attached hydrogens (primary N) is 1. The molecule has 0 spiro atoms. The van der Waals surface area contributed by atoms with E-state index in [0.29, 0.717) is 18.4 Å². The van der Waals surface area contributed by atoms with Gasteiger partial charge < -0.3 is 42.1 Å². The highest BCUT2D eigenvalue weighted by atomic mass is 19.4. The Morgan fingerprint density at radius 2 is 1.52 bits per heavy atom. The van der Waals surface area contributed by atoms with Crippen molar-refractivity contribution in [3.63, 3.8) is 0 Å². The molecular formula is C39H59F3N6O8. The molecule has 17 heteroatoms. The molecule has 8 N–H and O–H groups in total. The fraction of sp³-hybridized carbons (Fsp3) is 0.692. The minimum absolute atomic E-state index is 0.0789. The number of carbonyl (C=O) groups excluding carboxylic acids is 6. The van der Waals surface area contributed by atoms with E-state index >= 15 is 0 Å². The van der Waals surface area contributed by atoms with Crippen molar-refractivity contribution in [2.45, 2.75) is 140 Å². The second kappa shape index (κ2) is 20.9. The lowest BCUT2D eigenvalue weighted by molar-refractivity contribution is -0.151. The Morgan fingerprint density at radius 1 is 0.911 bits per heavy atom. The molecular weight excluding hydrogens is 737 g/mol. The Balaban J connectivity index is 1.85. The maximum Gasteiger partial charge on any atom is 0.389 e. The smallest absolute Gasteiger partial charge is 0.389 e. The molecule has 1 aromatic rings. The summed E-state index contributed by atoms with van der Waals surface area (Å²) in [5.74, 6) is -5.87. The number of hydrogen-bond donors (Lipinski definition) is 7. The van der Waals surface area contributed by atoms with Gasteiger partial charge in [0.25, 0.3) is 0 Å². The van der Waals surface area contributed by atoms with Crippen molar-refractivity contribution in [2.24, 2.45) is 23.5 Å². The van der Waals surface area contributed by atoms with Crippen LogP contribution >= 0.6 is 0 Å². The van der Waals surface area contributed by atoms with Crippen LogP contribution < -0.4 is 27.0 Å². The second-order valence-electron chi connectivity index (χ2n) is 15.8. The third-order valence-corrected chi connectivity index (χ3v) is 10.5. The minimum Gasteiger partial charge on any atom is -0.392 e. The molecule has 0 saturated heterocycles. The molecule has 3 rings (SSSR count). The third kappa shape index (κ3) is 14.1. The average molecular weight is 797 g/mol. The highest BCUT2D eigenvalue weighted by Gasteiger charge is 2.41. The number of aliphatic hydroxyl groups excluding tert-OH is 2. The summed E-state index contributed by atoms with van der Waals surface area (Å²) in [6, 6.07) is 1.11. The summed E-state index contributed by atoms with van der Waals surface area (Å²) in [6.07, 6.45) is -5.87. The SMILES string of the molecule is Cc1ccc(C[C@@H](C(=O)N(C)[C@@H](CC(C)C)C(=O)N[C@H](C(=O)N[C@@H](CN)C(=O)N[C@H](C(=O)NC2CC2=O)[C@H](C)O)C2CCCCC2)[C@H](O)CCC(F)(F)F)cc1. The van der Waals surface area contributed by atoms with Crippen molar-refractivity contribution >= 4 is 35.3 Å². The van der Waals surface area contributed by atoms with Gasteiger partial charge >= 0.3 is 6.18 Å². The number of halogens is 3. The first-order chi connectivity index (χ1) is 26.2. The monoisotopic (exact) mass is 796 g/mol. The number of carbonyl (C=O) groups is 6. The number of likely N-dealkylation sites (N-methyl/N-ethyl adjacent to an activating group) is 1. The predicted molar refractivity (Wildman–Crippen MR) is 200 cm³/mol. The molecule has 2 fully saturated rings. The molecule has 2 aliphatic rings. The van der Waals surface area contributed by atoms with Gasteiger partial charge in [0, 0.05) is 26.4 Å². The van der Waals surface area contributed by atoms with E-state index in [1.807, 2.05) is 20.8 Å². The van der Waals surface area contributed by atoms with E-state index < -0.39 is 103 Å². The van der Waals surface area contributed by atoms with Gasteiger partial charge in [-0.1, -0.05) is 62.9 Å². The number of benzene rings is 1. The Kier molecular flexibility index (Phi) is 17.3. The summed E-state index contributed by atoms with van der Waals surface area (Å²) in [7, 11) is 1.35. The molecule has 0 radical (unpaired) electrons. The number of rotatable bonds is 20. The highest BCUT2D eigenvalue weighted by Crippen LogP contribution is 2.29. The van der Waals surface area contributed by atoms with E-state index in [1.165, 1.54) is 14.0 Å². The number of ketones is 1. The van der Waals surface area contributed by atoms with Crippen LogP contribution in [-0.4, -0.2) is 113 Å². The van der Waals surface area contributed by atoms with Crippen LogP contribution in [-0.2, 0) is 35.2 Å². The van der Waals surface area contributed by atoms with Crippen molar-refractivity contribution in [3.8, 4) is 0 Å². The number of nitrogens with one attached hydrogen (secondary N) is 4. The zero-order valence-electron chi connectivity index (χ0n) is 32.9. The predicted octanol–water partition coefficient (Wildman–Crippen LogP) is 1.56. The van der Waals surface area contributed by atoms with Gasteiger partial charge in [-0.05, 0) is 63.4 Å². The largest absolute Gasteiger partial charge is 0.392 e. The van der Waals surface area contributed by atoms with Crippen molar-refractivity contribution < 1.29 is 52.2 Å². The maximum atomic E-state index is 14.2. The lowest BCUT2D eigenvalue weighted by atomic mass is 9.83. The van der Waals surface area contributed by atoms with Gasteiger partial charge in [-0.15, -0.1) is 0 Å².